The van der Waals surface area contributed by atoms with Crippen LogP contribution in [0.1, 0.15) is 31.4 Å². The summed E-state index contributed by atoms with van der Waals surface area (Å²) in [5.41, 5.74) is -1.44. The first-order valence-electron chi connectivity index (χ1n) is 6.55. The van der Waals surface area contributed by atoms with Gasteiger partial charge in [0.15, 0.2) is 0 Å². The number of hydrazone groups is 1. The fourth-order valence-corrected chi connectivity index (χ4v) is 1.90. The second kappa shape index (κ2) is 5.43. The molecule has 0 unspecified atom stereocenters. The Kier molecular flexibility index (Phi) is 3.95. The monoisotopic (exact) mass is 313 g/mol. The average molecular weight is 313 g/mol. The van der Waals surface area contributed by atoms with Crippen LogP contribution in [-0.4, -0.2) is 28.7 Å². The molecule has 1 aromatic carbocycles. The predicted octanol–water partition coefficient (Wildman–Crippen LogP) is 2.76. The molecule has 3 amide bonds. The van der Waals surface area contributed by atoms with Gasteiger partial charge in [-0.1, -0.05) is 19.1 Å². The van der Waals surface area contributed by atoms with Crippen LogP contribution >= 0.6 is 0 Å². The van der Waals surface area contributed by atoms with E-state index in [1.165, 1.54) is 18.3 Å². The number of halogens is 3. The second-order valence-corrected chi connectivity index (χ2v) is 5.10. The minimum absolute atomic E-state index is 0.346. The Balaban J connectivity index is 2.16. The molecule has 22 heavy (non-hydrogen) atoms. The van der Waals surface area contributed by atoms with Crippen molar-refractivity contribution < 1.29 is 22.8 Å². The molecule has 0 aromatic heterocycles. The van der Waals surface area contributed by atoms with Crippen molar-refractivity contribution in [2.24, 2.45) is 5.10 Å². The van der Waals surface area contributed by atoms with Gasteiger partial charge in [-0.15, -0.1) is 5.01 Å². The number of amides is 3. The summed E-state index contributed by atoms with van der Waals surface area (Å²) in [7, 11) is 0. The molecule has 1 N–H and O–H groups in total. The number of imide groups is 1. The molecule has 0 radical (unpaired) electrons. The van der Waals surface area contributed by atoms with Crippen molar-refractivity contribution >= 4 is 18.2 Å². The molecule has 0 saturated carbocycles. The van der Waals surface area contributed by atoms with Crippen LogP contribution in [0.5, 0.6) is 0 Å². The zero-order valence-corrected chi connectivity index (χ0v) is 11.9. The average Bonchev–Trinajstić information content (AvgIpc) is 2.67. The highest BCUT2D eigenvalue weighted by molar-refractivity contribution is 6.07. The predicted molar refractivity (Wildman–Crippen MR) is 73.1 cm³/mol. The Morgan fingerprint density at radius 2 is 1.86 bits per heavy atom. The van der Waals surface area contributed by atoms with E-state index >= 15 is 0 Å². The number of benzene rings is 1. The van der Waals surface area contributed by atoms with Gasteiger partial charge in [-0.3, -0.25) is 4.79 Å². The number of hydrogen-bond donors (Lipinski definition) is 1. The molecule has 1 saturated heterocycles. The normalized spacial score (nSPS) is 22.5. The van der Waals surface area contributed by atoms with Crippen LogP contribution in [0.25, 0.3) is 0 Å². The molecule has 0 aliphatic carbocycles. The minimum Gasteiger partial charge on any atom is -0.322 e. The third kappa shape index (κ3) is 2.95. The lowest BCUT2D eigenvalue weighted by Gasteiger charge is -2.17. The van der Waals surface area contributed by atoms with Gasteiger partial charge in [-0.05, 0) is 31.0 Å². The van der Waals surface area contributed by atoms with Crippen LogP contribution in [0.4, 0.5) is 18.0 Å². The summed E-state index contributed by atoms with van der Waals surface area (Å²) in [6, 6.07) is 3.58. The van der Waals surface area contributed by atoms with Gasteiger partial charge in [-0.25, -0.2) is 4.79 Å². The summed E-state index contributed by atoms with van der Waals surface area (Å²) in [5, 5.41) is 6.96. The number of alkyl halides is 3. The maximum absolute atomic E-state index is 12.4. The fourth-order valence-electron chi connectivity index (χ4n) is 1.90. The maximum Gasteiger partial charge on any atom is 0.416 e. The topological polar surface area (TPSA) is 61.8 Å². The minimum atomic E-state index is -4.41. The van der Waals surface area contributed by atoms with Crippen molar-refractivity contribution in [3.05, 3.63) is 35.4 Å². The largest absolute Gasteiger partial charge is 0.416 e. The molecular weight excluding hydrogens is 299 g/mol. The molecule has 8 heteroatoms. The lowest BCUT2D eigenvalue weighted by Crippen LogP contribution is -2.42. The van der Waals surface area contributed by atoms with E-state index in [4.69, 9.17) is 0 Å². The molecule has 1 aliphatic heterocycles. The van der Waals surface area contributed by atoms with Gasteiger partial charge in [0.1, 0.15) is 5.54 Å². The summed E-state index contributed by atoms with van der Waals surface area (Å²) < 4.78 is 37.3. The Bertz CT molecular complexity index is 625. The van der Waals surface area contributed by atoms with Crippen LogP contribution in [0.3, 0.4) is 0 Å². The first-order chi connectivity index (χ1) is 10.2. The zero-order chi connectivity index (χ0) is 16.5. The highest BCUT2D eigenvalue weighted by Gasteiger charge is 2.46. The van der Waals surface area contributed by atoms with Crippen molar-refractivity contribution in [3.8, 4) is 0 Å². The first-order valence-corrected chi connectivity index (χ1v) is 6.55. The molecule has 1 fully saturated rings. The molecule has 1 aliphatic rings. The number of rotatable bonds is 3. The molecule has 118 valence electrons. The van der Waals surface area contributed by atoms with Gasteiger partial charge in [-0.2, -0.15) is 18.3 Å². The van der Waals surface area contributed by atoms with Gasteiger partial charge in [0.25, 0.3) is 5.91 Å². The highest BCUT2D eigenvalue weighted by Crippen LogP contribution is 2.29. The van der Waals surface area contributed by atoms with Crippen LogP contribution in [0.15, 0.2) is 29.4 Å². The van der Waals surface area contributed by atoms with Crippen LogP contribution in [0.2, 0.25) is 0 Å². The summed E-state index contributed by atoms with van der Waals surface area (Å²) in [6.07, 6.45) is -2.84. The van der Waals surface area contributed by atoms with Crippen molar-refractivity contribution in [3.63, 3.8) is 0 Å². The Morgan fingerprint density at radius 1 is 1.27 bits per heavy atom. The number of carbonyl (C=O) groups is 2. The lowest BCUT2D eigenvalue weighted by molar-refractivity contribution is -0.137. The van der Waals surface area contributed by atoms with E-state index in [9.17, 15) is 22.8 Å². The molecule has 0 bridgehead atoms. The molecular formula is C14H14F3N3O2. The van der Waals surface area contributed by atoms with Crippen molar-refractivity contribution in [2.75, 3.05) is 0 Å². The number of carbonyl (C=O) groups excluding carboxylic acids is 2. The van der Waals surface area contributed by atoms with Crippen LogP contribution in [0, 0.1) is 0 Å². The van der Waals surface area contributed by atoms with Crippen LogP contribution < -0.4 is 5.32 Å². The van der Waals surface area contributed by atoms with Crippen molar-refractivity contribution in [1.82, 2.24) is 10.3 Å². The quantitative estimate of drug-likeness (QED) is 0.689. The van der Waals surface area contributed by atoms with Crippen LogP contribution in [-0.2, 0) is 11.0 Å². The summed E-state index contributed by atoms with van der Waals surface area (Å²) in [6.45, 7) is 3.34. The lowest BCUT2D eigenvalue weighted by atomic mass is 10.00. The first kappa shape index (κ1) is 16.0. The van der Waals surface area contributed by atoms with E-state index in [0.29, 0.717) is 17.0 Å². The Hall–Kier alpha value is -2.38. The SMILES string of the molecule is CC[C@]1(C)NC(=O)N(/N=C\c2ccc(C(F)(F)F)cc2)C1=O. The summed E-state index contributed by atoms with van der Waals surface area (Å²) >= 11 is 0. The summed E-state index contributed by atoms with van der Waals surface area (Å²) in [4.78, 5) is 23.8. The van der Waals surface area contributed by atoms with Crippen molar-refractivity contribution in [2.45, 2.75) is 32.0 Å². The highest BCUT2D eigenvalue weighted by atomic mass is 19.4. The van der Waals surface area contributed by atoms with E-state index in [2.05, 4.69) is 10.4 Å². The maximum atomic E-state index is 12.4. The van der Waals surface area contributed by atoms with E-state index in [1.54, 1.807) is 13.8 Å². The standard InChI is InChI=1S/C14H14F3N3O2/c1-3-13(2)11(21)20(12(22)19-13)18-8-9-4-6-10(7-5-9)14(15,16)17/h4-8H,3H2,1-2H3,(H,19,22)/b18-8-/t13-/m0/s1. The molecule has 1 aromatic rings. The van der Waals surface area contributed by atoms with E-state index in [0.717, 1.165) is 12.1 Å². The molecule has 5 nitrogen and oxygen atoms in total. The van der Waals surface area contributed by atoms with Gasteiger partial charge in [0, 0.05) is 0 Å². The number of nitrogens with one attached hydrogen (secondary N) is 1. The number of hydrogen-bond acceptors (Lipinski definition) is 3. The molecule has 1 heterocycles. The zero-order valence-electron chi connectivity index (χ0n) is 11.9. The third-order valence-corrected chi connectivity index (χ3v) is 3.51. The van der Waals surface area contributed by atoms with E-state index in [-0.39, 0.29) is 0 Å². The second-order valence-electron chi connectivity index (χ2n) is 5.10. The van der Waals surface area contributed by atoms with Crippen molar-refractivity contribution in [1.29, 1.82) is 0 Å². The smallest absolute Gasteiger partial charge is 0.322 e. The van der Waals surface area contributed by atoms with Gasteiger partial charge >= 0.3 is 12.2 Å². The van der Waals surface area contributed by atoms with Gasteiger partial charge in [0.2, 0.25) is 0 Å². The third-order valence-electron chi connectivity index (χ3n) is 3.51. The summed E-state index contributed by atoms with van der Waals surface area (Å²) in [5.74, 6) is -0.497. The fraction of sp³-hybridized carbons (Fsp3) is 0.357. The molecule has 2 rings (SSSR count). The number of urea groups is 1. The Labute approximate surface area is 124 Å². The van der Waals surface area contributed by atoms with E-state index < -0.39 is 29.2 Å². The Morgan fingerprint density at radius 3 is 2.32 bits per heavy atom. The number of nitrogens with zero attached hydrogens (tertiary/aromatic N) is 2. The molecule has 0 spiro atoms. The van der Waals surface area contributed by atoms with E-state index in [1.807, 2.05) is 0 Å². The van der Waals surface area contributed by atoms with Gasteiger partial charge in [0.05, 0.1) is 11.8 Å². The molecule has 1 atom stereocenters. The van der Waals surface area contributed by atoms with Gasteiger partial charge < -0.3 is 5.32 Å².